The summed E-state index contributed by atoms with van der Waals surface area (Å²) in [5.74, 6) is -0.250. The van der Waals surface area contributed by atoms with E-state index in [0.29, 0.717) is 24.2 Å². The summed E-state index contributed by atoms with van der Waals surface area (Å²) in [6.07, 6.45) is 3.40. The summed E-state index contributed by atoms with van der Waals surface area (Å²) in [6, 6.07) is 3.84. The lowest BCUT2D eigenvalue weighted by Crippen LogP contribution is -2.29. The SMILES string of the molecule is C=CCN1C(=O)/C(=C2/C(=O)N(CC=C)c3ccsc32)c2sccc21. The number of carbonyl (C=O) groups excluding carboxylic acids is 2. The van der Waals surface area contributed by atoms with E-state index in [-0.39, 0.29) is 11.8 Å². The van der Waals surface area contributed by atoms with E-state index in [1.54, 1.807) is 22.0 Å². The Morgan fingerprint density at radius 1 is 0.833 bits per heavy atom. The fraction of sp³-hybridized carbons (Fsp3) is 0.111. The van der Waals surface area contributed by atoms with Crippen molar-refractivity contribution in [1.82, 2.24) is 0 Å². The molecule has 0 aliphatic carbocycles. The summed E-state index contributed by atoms with van der Waals surface area (Å²) >= 11 is 2.99. The molecule has 0 fully saturated rings. The van der Waals surface area contributed by atoms with Crippen LogP contribution in [0.4, 0.5) is 11.4 Å². The van der Waals surface area contributed by atoms with Gasteiger partial charge < -0.3 is 9.80 Å². The molecule has 2 amide bonds. The first kappa shape index (κ1) is 15.1. The van der Waals surface area contributed by atoms with Crippen LogP contribution in [0, 0.1) is 0 Å². The van der Waals surface area contributed by atoms with Crippen LogP contribution >= 0.6 is 22.7 Å². The highest BCUT2D eigenvalue weighted by atomic mass is 32.1. The fourth-order valence-corrected chi connectivity index (χ4v) is 5.03. The number of amides is 2. The van der Waals surface area contributed by atoms with E-state index in [1.807, 2.05) is 22.9 Å². The molecule has 2 aliphatic rings. The average Bonchev–Trinajstić information content (AvgIpc) is 3.30. The Hall–Kier alpha value is -2.44. The Labute approximate surface area is 147 Å². The van der Waals surface area contributed by atoms with Crippen LogP contribution in [0.1, 0.15) is 9.75 Å². The van der Waals surface area contributed by atoms with Gasteiger partial charge in [0.1, 0.15) is 0 Å². The zero-order chi connectivity index (χ0) is 16.8. The van der Waals surface area contributed by atoms with Gasteiger partial charge in [-0.2, -0.15) is 0 Å². The molecule has 2 aromatic rings. The second kappa shape index (κ2) is 5.58. The molecule has 0 atom stereocenters. The summed E-state index contributed by atoms with van der Waals surface area (Å²) in [4.78, 5) is 31.1. The first-order valence-electron chi connectivity index (χ1n) is 7.44. The van der Waals surface area contributed by atoms with Gasteiger partial charge in [0.25, 0.3) is 11.8 Å². The lowest BCUT2D eigenvalue weighted by molar-refractivity contribution is -0.114. The van der Waals surface area contributed by atoms with E-state index in [2.05, 4.69) is 13.2 Å². The number of hydrogen-bond donors (Lipinski definition) is 0. The monoisotopic (exact) mass is 354 g/mol. The molecule has 0 N–H and O–H groups in total. The molecule has 4 nitrogen and oxygen atoms in total. The Kier molecular flexibility index (Phi) is 3.51. The lowest BCUT2D eigenvalue weighted by Gasteiger charge is -2.14. The minimum atomic E-state index is -0.125. The summed E-state index contributed by atoms with van der Waals surface area (Å²) in [5.41, 5.74) is 2.75. The Morgan fingerprint density at radius 3 is 1.62 bits per heavy atom. The molecular formula is C18H14N2O2S2. The summed E-state index contributed by atoms with van der Waals surface area (Å²) in [6.45, 7) is 8.32. The van der Waals surface area contributed by atoms with E-state index in [0.717, 1.165) is 21.1 Å². The smallest absolute Gasteiger partial charge is 0.260 e. The molecule has 24 heavy (non-hydrogen) atoms. The standard InChI is InChI=1S/C18H14N2O2S2/c1-3-7-19-11-5-9-23-15(11)13(17(19)21)14-16-12(6-10-24-16)20(8-4-2)18(14)22/h3-6,9-10H,1-2,7-8H2/b14-13+. The van der Waals surface area contributed by atoms with Crippen LogP contribution in [0.25, 0.3) is 11.1 Å². The minimum absolute atomic E-state index is 0.125. The van der Waals surface area contributed by atoms with E-state index < -0.39 is 0 Å². The molecule has 6 heteroatoms. The van der Waals surface area contributed by atoms with Gasteiger partial charge in [0.05, 0.1) is 32.3 Å². The van der Waals surface area contributed by atoms with Crippen LogP contribution in [-0.2, 0) is 9.59 Å². The summed E-state index contributed by atoms with van der Waals surface area (Å²) in [7, 11) is 0. The molecule has 120 valence electrons. The van der Waals surface area contributed by atoms with Crippen molar-refractivity contribution in [2.75, 3.05) is 22.9 Å². The molecule has 0 spiro atoms. The van der Waals surface area contributed by atoms with Crippen molar-refractivity contribution in [1.29, 1.82) is 0 Å². The maximum absolute atomic E-state index is 13.0. The Morgan fingerprint density at radius 2 is 1.25 bits per heavy atom. The van der Waals surface area contributed by atoms with Gasteiger partial charge in [-0.1, -0.05) is 12.2 Å². The van der Waals surface area contributed by atoms with Crippen LogP contribution in [0.5, 0.6) is 0 Å². The highest BCUT2D eigenvalue weighted by molar-refractivity contribution is 7.14. The molecular weight excluding hydrogens is 340 g/mol. The second-order valence-corrected chi connectivity index (χ2v) is 7.26. The molecule has 0 saturated heterocycles. The van der Waals surface area contributed by atoms with Gasteiger partial charge in [0.15, 0.2) is 0 Å². The van der Waals surface area contributed by atoms with Crippen molar-refractivity contribution in [2.45, 2.75) is 0 Å². The molecule has 0 saturated carbocycles. The van der Waals surface area contributed by atoms with Gasteiger partial charge in [-0.05, 0) is 22.9 Å². The second-order valence-electron chi connectivity index (χ2n) is 5.43. The zero-order valence-electron chi connectivity index (χ0n) is 12.8. The van der Waals surface area contributed by atoms with Gasteiger partial charge in [-0.3, -0.25) is 9.59 Å². The van der Waals surface area contributed by atoms with E-state index in [1.165, 1.54) is 22.7 Å². The lowest BCUT2D eigenvalue weighted by atomic mass is 10.1. The molecule has 2 aromatic heterocycles. The van der Waals surface area contributed by atoms with Crippen LogP contribution in [0.3, 0.4) is 0 Å². The third-order valence-corrected chi connectivity index (χ3v) is 5.96. The number of anilines is 2. The van der Waals surface area contributed by atoms with Gasteiger partial charge >= 0.3 is 0 Å². The van der Waals surface area contributed by atoms with E-state index in [4.69, 9.17) is 0 Å². The number of rotatable bonds is 4. The number of nitrogens with zero attached hydrogens (tertiary/aromatic N) is 2. The highest BCUT2D eigenvalue weighted by Gasteiger charge is 2.42. The van der Waals surface area contributed by atoms with Gasteiger partial charge in [0.2, 0.25) is 0 Å². The van der Waals surface area contributed by atoms with Gasteiger partial charge in [-0.15, -0.1) is 35.8 Å². The normalized spacial score (nSPS) is 19.0. The zero-order valence-corrected chi connectivity index (χ0v) is 14.5. The minimum Gasteiger partial charge on any atom is -0.303 e. The molecule has 0 radical (unpaired) electrons. The maximum atomic E-state index is 13.0. The van der Waals surface area contributed by atoms with Crippen molar-refractivity contribution in [2.24, 2.45) is 0 Å². The summed E-state index contributed by atoms with van der Waals surface area (Å²) in [5, 5.41) is 3.90. The predicted molar refractivity (Wildman–Crippen MR) is 101 cm³/mol. The number of thiophene rings is 2. The molecule has 2 aliphatic heterocycles. The van der Waals surface area contributed by atoms with Crippen molar-refractivity contribution >= 4 is 57.0 Å². The van der Waals surface area contributed by atoms with E-state index >= 15 is 0 Å². The number of carbonyl (C=O) groups is 2. The van der Waals surface area contributed by atoms with Crippen LogP contribution in [0.15, 0.2) is 48.2 Å². The third-order valence-electron chi connectivity index (χ3n) is 4.12. The van der Waals surface area contributed by atoms with Crippen molar-refractivity contribution in [3.8, 4) is 0 Å². The topological polar surface area (TPSA) is 40.6 Å². The molecule has 4 rings (SSSR count). The largest absolute Gasteiger partial charge is 0.303 e. The first-order valence-corrected chi connectivity index (χ1v) is 9.20. The quantitative estimate of drug-likeness (QED) is 0.619. The molecule has 0 bridgehead atoms. The average molecular weight is 354 g/mol. The predicted octanol–water partition coefficient (Wildman–Crippen LogP) is 3.79. The van der Waals surface area contributed by atoms with Crippen LogP contribution < -0.4 is 9.80 Å². The molecule has 0 unspecified atom stereocenters. The number of hydrogen-bond acceptors (Lipinski definition) is 4. The maximum Gasteiger partial charge on any atom is 0.260 e. The van der Waals surface area contributed by atoms with E-state index in [9.17, 15) is 9.59 Å². The third kappa shape index (κ3) is 1.90. The Bertz CT molecular complexity index is 845. The van der Waals surface area contributed by atoms with Crippen molar-refractivity contribution in [3.05, 3.63) is 58.0 Å². The molecule has 4 heterocycles. The fourth-order valence-electron chi connectivity index (χ4n) is 3.15. The first-order chi connectivity index (χ1) is 11.7. The molecule has 0 aromatic carbocycles. The summed E-state index contributed by atoms with van der Waals surface area (Å²) < 4.78 is 0. The van der Waals surface area contributed by atoms with Crippen LogP contribution in [-0.4, -0.2) is 24.9 Å². The van der Waals surface area contributed by atoms with Crippen LogP contribution in [0.2, 0.25) is 0 Å². The van der Waals surface area contributed by atoms with Gasteiger partial charge in [0, 0.05) is 13.1 Å². The van der Waals surface area contributed by atoms with Crippen molar-refractivity contribution < 1.29 is 9.59 Å². The van der Waals surface area contributed by atoms with Crippen molar-refractivity contribution in [3.63, 3.8) is 0 Å². The Balaban J connectivity index is 1.95. The van der Waals surface area contributed by atoms with Gasteiger partial charge in [-0.25, -0.2) is 0 Å². The number of fused-ring (bicyclic) bond motifs is 2. The highest BCUT2D eigenvalue weighted by Crippen LogP contribution is 2.49.